The second-order valence-corrected chi connectivity index (χ2v) is 15.2. The van der Waals surface area contributed by atoms with Crippen LogP contribution < -0.4 is 0 Å². The van der Waals surface area contributed by atoms with Crippen molar-refractivity contribution in [1.29, 1.82) is 0 Å². The molecule has 12 rings (SSSR count). The maximum absolute atomic E-state index is 6.93. The Kier molecular flexibility index (Phi) is 5.84. The van der Waals surface area contributed by atoms with E-state index in [-0.39, 0.29) is 5.41 Å². The van der Waals surface area contributed by atoms with Gasteiger partial charge in [-0.25, -0.2) is 0 Å². The normalized spacial score (nSPS) is 13.5. The lowest BCUT2D eigenvalue weighted by Crippen LogP contribution is -2.14. The molecule has 0 bridgehead atoms. The zero-order valence-corrected chi connectivity index (χ0v) is 29.9. The molecule has 3 nitrogen and oxygen atoms in total. The Morgan fingerprint density at radius 2 is 1.02 bits per heavy atom. The Morgan fingerprint density at radius 1 is 0.407 bits per heavy atom. The van der Waals surface area contributed by atoms with Crippen LogP contribution in [-0.4, -0.2) is 4.57 Å². The molecule has 0 atom stereocenters. The third-order valence-corrected chi connectivity index (χ3v) is 12.0. The molecule has 0 saturated carbocycles. The van der Waals surface area contributed by atoms with E-state index in [0.29, 0.717) is 0 Å². The quantitative estimate of drug-likeness (QED) is 0.185. The van der Waals surface area contributed by atoms with E-state index in [9.17, 15) is 0 Å². The highest BCUT2D eigenvalue weighted by Crippen LogP contribution is 2.53. The molecule has 11 aromatic rings. The summed E-state index contributed by atoms with van der Waals surface area (Å²) in [6, 6.07) is 59.1. The van der Waals surface area contributed by atoms with Crippen molar-refractivity contribution >= 4 is 65.7 Å². The third kappa shape index (κ3) is 3.91. The molecule has 0 fully saturated rings. The molecule has 0 aliphatic heterocycles. The molecule has 0 saturated heterocycles. The number of nitrogens with zero attached hydrogens (tertiary/aromatic N) is 1. The van der Waals surface area contributed by atoms with Crippen LogP contribution >= 0.6 is 0 Å². The largest absolute Gasteiger partial charge is 0.455 e. The second kappa shape index (κ2) is 10.6. The number of hydrogen-bond acceptors (Lipinski definition) is 2. The molecule has 0 amide bonds. The van der Waals surface area contributed by atoms with Gasteiger partial charge in [0.1, 0.15) is 22.3 Å². The van der Waals surface area contributed by atoms with Crippen molar-refractivity contribution in [2.24, 2.45) is 0 Å². The number of furan rings is 2. The van der Waals surface area contributed by atoms with Gasteiger partial charge in [-0.15, -0.1) is 0 Å². The number of benzene rings is 8. The van der Waals surface area contributed by atoms with Gasteiger partial charge in [0.25, 0.3) is 0 Å². The minimum Gasteiger partial charge on any atom is -0.455 e. The Bertz CT molecular complexity index is 3350. The van der Waals surface area contributed by atoms with Crippen LogP contribution in [0.25, 0.3) is 105 Å². The van der Waals surface area contributed by atoms with E-state index in [1.54, 1.807) is 0 Å². The van der Waals surface area contributed by atoms with E-state index < -0.39 is 0 Å². The van der Waals surface area contributed by atoms with Gasteiger partial charge >= 0.3 is 0 Å². The average Bonchev–Trinajstić information content (AvgIpc) is 3.95. The first-order chi connectivity index (χ1) is 26.5. The Morgan fingerprint density at radius 3 is 1.87 bits per heavy atom. The Labute approximate surface area is 311 Å². The molecule has 1 aliphatic rings. The van der Waals surface area contributed by atoms with Crippen LogP contribution in [-0.2, 0) is 5.41 Å². The SMILES string of the molecule is CC1(C)c2ccccc2-c2c1ccc1c2oc2c(-c3ccc(-n4c5ccccc5c5cc(-c6cccc7c6oc6ccccc67)ccc54)cc3)cccc21. The Hall–Kier alpha value is -6.84. The van der Waals surface area contributed by atoms with Gasteiger partial charge in [0.05, 0.1) is 11.0 Å². The molecule has 1 aliphatic carbocycles. The van der Waals surface area contributed by atoms with Gasteiger partial charge < -0.3 is 13.4 Å². The van der Waals surface area contributed by atoms with E-state index in [1.807, 2.05) is 12.1 Å². The number of para-hydroxylation sites is 4. The fourth-order valence-electron chi connectivity index (χ4n) is 9.45. The molecule has 3 heterocycles. The van der Waals surface area contributed by atoms with Crippen molar-refractivity contribution < 1.29 is 8.83 Å². The molecule has 254 valence electrons. The van der Waals surface area contributed by atoms with Gasteiger partial charge in [0.2, 0.25) is 0 Å². The molecule has 0 N–H and O–H groups in total. The third-order valence-electron chi connectivity index (χ3n) is 12.0. The highest BCUT2D eigenvalue weighted by atomic mass is 16.3. The first kappa shape index (κ1) is 29.7. The fraction of sp³-hybridized carbons (Fsp3) is 0.0588. The predicted octanol–water partition coefficient (Wildman–Crippen LogP) is 14.2. The molecule has 0 radical (unpaired) electrons. The van der Waals surface area contributed by atoms with Gasteiger partial charge in [-0.05, 0) is 64.2 Å². The lowest BCUT2D eigenvalue weighted by Gasteiger charge is -2.21. The van der Waals surface area contributed by atoms with E-state index in [0.717, 1.165) is 71.8 Å². The standard InChI is InChI=1S/C51H33NO2/c1-51(2)42-18-6-3-13-40(42)47-43(51)27-26-39-38-17-9-14-33(49(38)54-50(39)47)30-21-24-32(25-22-30)52-44-19-7-4-11-35(44)41-29-31(23-28-45(41)52)34-15-10-16-37-36-12-5-8-20-46(36)53-48(34)37/h3-29H,1-2H3. The van der Waals surface area contributed by atoms with E-state index in [2.05, 4.69) is 170 Å². The maximum atomic E-state index is 6.93. The minimum atomic E-state index is -0.0747. The van der Waals surface area contributed by atoms with E-state index in [1.165, 1.54) is 44.1 Å². The summed E-state index contributed by atoms with van der Waals surface area (Å²) in [5, 5.41) is 7.03. The Balaban J connectivity index is 0.988. The number of hydrogen-bond donors (Lipinski definition) is 0. The number of aromatic nitrogens is 1. The maximum Gasteiger partial charge on any atom is 0.143 e. The first-order valence-electron chi connectivity index (χ1n) is 18.7. The summed E-state index contributed by atoms with van der Waals surface area (Å²) in [5.74, 6) is 0. The van der Waals surface area contributed by atoms with Crippen molar-refractivity contribution in [3.05, 3.63) is 175 Å². The van der Waals surface area contributed by atoms with Crippen LogP contribution in [0.4, 0.5) is 0 Å². The zero-order valence-electron chi connectivity index (χ0n) is 29.9. The summed E-state index contributed by atoms with van der Waals surface area (Å²) in [7, 11) is 0. The molecule has 0 unspecified atom stereocenters. The van der Waals surface area contributed by atoms with Gasteiger partial charge in [0.15, 0.2) is 0 Å². The lowest BCUT2D eigenvalue weighted by atomic mass is 9.82. The topological polar surface area (TPSA) is 31.2 Å². The summed E-state index contributed by atoms with van der Waals surface area (Å²) >= 11 is 0. The van der Waals surface area contributed by atoms with Crippen LogP contribution in [0, 0.1) is 0 Å². The van der Waals surface area contributed by atoms with Crippen molar-refractivity contribution in [3.8, 4) is 39.1 Å². The fourth-order valence-corrected chi connectivity index (χ4v) is 9.45. The van der Waals surface area contributed by atoms with Crippen LogP contribution in [0.5, 0.6) is 0 Å². The van der Waals surface area contributed by atoms with Crippen LogP contribution in [0.2, 0.25) is 0 Å². The van der Waals surface area contributed by atoms with Crippen molar-refractivity contribution in [3.63, 3.8) is 0 Å². The van der Waals surface area contributed by atoms with Crippen LogP contribution in [0.1, 0.15) is 25.0 Å². The van der Waals surface area contributed by atoms with Crippen molar-refractivity contribution in [1.82, 2.24) is 4.57 Å². The summed E-state index contributed by atoms with van der Waals surface area (Å²) in [6.07, 6.45) is 0. The first-order valence-corrected chi connectivity index (χ1v) is 18.7. The smallest absolute Gasteiger partial charge is 0.143 e. The van der Waals surface area contributed by atoms with Crippen molar-refractivity contribution in [2.45, 2.75) is 19.3 Å². The second-order valence-electron chi connectivity index (χ2n) is 15.2. The molecular weight excluding hydrogens is 659 g/mol. The zero-order chi connectivity index (χ0) is 35.7. The summed E-state index contributed by atoms with van der Waals surface area (Å²) in [5.41, 5.74) is 16.8. The minimum absolute atomic E-state index is 0.0747. The molecule has 0 spiro atoms. The van der Waals surface area contributed by atoms with Crippen LogP contribution in [0.3, 0.4) is 0 Å². The van der Waals surface area contributed by atoms with E-state index in [4.69, 9.17) is 8.83 Å². The summed E-state index contributed by atoms with van der Waals surface area (Å²) in [6.45, 7) is 4.63. The molecule has 3 aromatic heterocycles. The van der Waals surface area contributed by atoms with Gasteiger partial charge in [-0.3, -0.25) is 0 Å². The summed E-state index contributed by atoms with van der Waals surface area (Å²) < 4.78 is 15.7. The summed E-state index contributed by atoms with van der Waals surface area (Å²) in [4.78, 5) is 0. The molecule has 3 heteroatoms. The molecule has 54 heavy (non-hydrogen) atoms. The molecule has 8 aromatic carbocycles. The lowest BCUT2D eigenvalue weighted by molar-refractivity contribution is 0.653. The van der Waals surface area contributed by atoms with E-state index >= 15 is 0 Å². The highest BCUT2D eigenvalue weighted by molar-refractivity contribution is 6.15. The van der Waals surface area contributed by atoms with Gasteiger partial charge in [0, 0.05) is 60.1 Å². The average molecular weight is 692 g/mol. The number of rotatable bonds is 3. The van der Waals surface area contributed by atoms with Gasteiger partial charge in [-0.2, -0.15) is 0 Å². The van der Waals surface area contributed by atoms with Crippen molar-refractivity contribution in [2.75, 3.05) is 0 Å². The van der Waals surface area contributed by atoms with Gasteiger partial charge in [-0.1, -0.05) is 141 Å². The highest BCUT2D eigenvalue weighted by Gasteiger charge is 2.37. The monoisotopic (exact) mass is 691 g/mol. The molecular formula is C51H33NO2. The number of fused-ring (bicyclic) bond motifs is 13. The van der Waals surface area contributed by atoms with Crippen LogP contribution in [0.15, 0.2) is 173 Å². The predicted molar refractivity (Wildman–Crippen MR) is 224 cm³/mol.